The van der Waals surface area contributed by atoms with Crippen LogP contribution in [-0.4, -0.2) is 68.0 Å². The number of piperidine rings is 1. The fourth-order valence-corrected chi connectivity index (χ4v) is 3.35. The van der Waals surface area contributed by atoms with E-state index in [1.54, 1.807) is 19.0 Å². The SMILES string of the molecule is CCNC(=NCCC(=O)N(C)C)NC1CCN(Cc2ccc(Br)cc2)CC1.I. The van der Waals surface area contributed by atoms with Gasteiger partial charge in [0.1, 0.15) is 0 Å². The summed E-state index contributed by atoms with van der Waals surface area (Å²) in [4.78, 5) is 20.3. The van der Waals surface area contributed by atoms with Gasteiger partial charge in [0.2, 0.25) is 5.91 Å². The number of rotatable bonds is 7. The minimum absolute atomic E-state index is 0. The van der Waals surface area contributed by atoms with Crippen LogP contribution in [0.4, 0.5) is 0 Å². The van der Waals surface area contributed by atoms with Crippen LogP contribution in [0.5, 0.6) is 0 Å². The second-order valence-electron chi connectivity index (χ2n) is 7.12. The van der Waals surface area contributed by atoms with Gasteiger partial charge >= 0.3 is 0 Å². The fraction of sp³-hybridized carbons (Fsp3) is 0.600. The summed E-state index contributed by atoms with van der Waals surface area (Å²) in [6.45, 7) is 6.53. The monoisotopic (exact) mass is 565 g/mol. The summed E-state index contributed by atoms with van der Waals surface area (Å²) in [6.07, 6.45) is 2.63. The Bertz CT molecular complexity index is 616. The predicted molar refractivity (Wildman–Crippen MR) is 130 cm³/mol. The first-order valence-corrected chi connectivity index (χ1v) is 10.5. The molecule has 0 saturated carbocycles. The molecule has 1 aliphatic rings. The van der Waals surface area contributed by atoms with Gasteiger partial charge < -0.3 is 15.5 Å². The van der Waals surface area contributed by atoms with Crippen LogP contribution < -0.4 is 10.6 Å². The molecule has 0 spiro atoms. The molecule has 28 heavy (non-hydrogen) atoms. The zero-order valence-electron chi connectivity index (χ0n) is 17.1. The van der Waals surface area contributed by atoms with Crippen molar-refractivity contribution in [3.05, 3.63) is 34.3 Å². The molecule has 6 nitrogen and oxygen atoms in total. The van der Waals surface area contributed by atoms with Gasteiger partial charge in [-0.25, -0.2) is 0 Å². The molecule has 0 radical (unpaired) electrons. The number of hydrogen-bond donors (Lipinski definition) is 2. The van der Waals surface area contributed by atoms with Gasteiger partial charge in [0.25, 0.3) is 0 Å². The van der Waals surface area contributed by atoms with Crippen molar-refractivity contribution in [3.63, 3.8) is 0 Å². The molecule has 1 heterocycles. The Labute approximate surface area is 194 Å². The highest BCUT2D eigenvalue weighted by molar-refractivity contribution is 14.0. The van der Waals surface area contributed by atoms with Crippen LogP contribution in [0.2, 0.25) is 0 Å². The van der Waals surface area contributed by atoms with E-state index in [4.69, 9.17) is 0 Å². The summed E-state index contributed by atoms with van der Waals surface area (Å²) in [7, 11) is 3.55. The number of likely N-dealkylation sites (tertiary alicyclic amines) is 1. The Hall–Kier alpha value is -0.870. The fourth-order valence-electron chi connectivity index (χ4n) is 3.08. The van der Waals surface area contributed by atoms with E-state index in [1.165, 1.54) is 5.56 Å². The molecule has 0 atom stereocenters. The van der Waals surface area contributed by atoms with Crippen LogP contribution in [0, 0.1) is 0 Å². The minimum Gasteiger partial charge on any atom is -0.357 e. The molecule has 0 bridgehead atoms. The summed E-state index contributed by atoms with van der Waals surface area (Å²) in [6, 6.07) is 8.99. The minimum atomic E-state index is 0. The average Bonchev–Trinajstić information content (AvgIpc) is 2.65. The van der Waals surface area contributed by atoms with E-state index in [2.05, 4.69) is 67.6 Å². The van der Waals surface area contributed by atoms with E-state index in [0.717, 1.165) is 49.5 Å². The van der Waals surface area contributed by atoms with Crippen LogP contribution >= 0.6 is 39.9 Å². The standard InChI is InChI=1S/C20H32BrN5O.HI/c1-4-22-20(23-12-9-19(27)25(2)3)24-18-10-13-26(14-11-18)15-16-5-7-17(21)8-6-16;/h5-8,18H,4,9-15H2,1-3H3,(H2,22,23,24);1H. The van der Waals surface area contributed by atoms with Gasteiger partial charge in [-0.2, -0.15) is 0 Å². The maximum atomic E-state index is 11.7. The normalized spacial score (nSPS) is 15.6. The first-order valence-electron chi connectivity index (χ1n) is 9.69. The molecule has 2 N–H and O–H groups in total. The molecule has 0 unspecified atom stereocenters. The van der Waals surface area contributed by atoms with Gasteiger partial charge in [0.15, 0.2) is 5.96 Å². The lowest BCUT2D eigenvalue weighted by molar-refractivity contribution is -0.128. The van der Waals surface area contributed by atoms with E-state index in [1.807, 2.05) is 0 Å². The molecule has 8 heteroatoms. The molecule has 158 valence electrons. The number of amides is 1. The average molecular weight is 566 g/mol. The molecule has 2 rings (SSSR count). The summed E-state index contributed by atoms with van der Waals surface area (Å²) in [5.41, 5.74) is 1.35. The quantitative estimate of drug-likeness (QED) is 0.303. The number of hydrogen-bond acceptors (Lipinski definition) is 3. The maximum absolute atomic E-state index is 11.7. The smallest absolute Gasteiger partial charge is 0.223 e. The summed E-state index contributed by atoms with van der Waals surface area (Å²) in [5, 5.41) is 6.82. The molecule has 1 aromatic rings. The first kappa shape index (κ1) is 25.2. The molecule has 1 aliphatic heterocycles. The second kappa shape index (κ2) is 13.4. The highest BCUT2D eigenvalue weighted by Crippen LogP contribution is 2.16. The van der Waals surface area contributed by atoms with Crippen molar-refractivity contribution in [2.24, 2.45) is 4.99 Å². The number of carbonyl (C=O) groups is 1. The molecule has 1 fully saturated rings. The van der Waals surface area contributed by atoms with Gasteiger partial charge in [0.05, 0.1) is 6.54 Å². The number of nitrogens with zero attached hydrogens (tertiary/aromatic N) is 3. The van der Waals surface area contributed by atoms with Gasteiger partial charge in [-0.3, -0.25) is 14.7 Å². The Morgan fingerprint density at radius 1 is 1.25 bits per heavy atom. The molecule has 0 aromatic heterocycles. The number of guanidine groups is 1. The number of carbonyl (C=O) groups excluding carboxylic acids is 1. The van der Waals surface area contributed by atoms with E-state index < -0.39 is 0 Å². The summed E-state index contributed by atoms with van der Waals surface area (Å²) < 4.78 is 1.12. The highest BCUT2D eigenvalue weighted by Gasteiger charge is 2.20. The number of benzene rings is 1. The van der Waals surface area contributed by atoms with Crippen LogP contribution in [0.25, 0.3) is 0 Å². The molecular weight excluding hydrogens is 533 g/mol. The van der Waals surface area contributed by atoms with Crippen molar-refractivity contribution in [2.45, 2.75) is 38.8 Å². The molecule has 1 amide bonds. The lowest BCUT2D eigenvalue weighted by atomic mass is 10.0. The number of halogens is 2. The third kappa shape index (κ3) is 9.09. The topological polar surface area (TPSA) is 60.0 Å². The Kier molecular flexibility index (Phi) is 12.0. The predicted octanol–water partition coefficient (Wildman–Crippen LogP) is 3.06. The number of nitrogens with one attached hydrogen (secondary N) is 2. The van der Waals surface area contributed by atoms with Crippen LogP contribution in [0.3, 0.4) is 0 Å². The van der Waals surface area contributed by atoms with Crippen molar-refractivity contribution in [3.8, 4) is 0 Å². The molecular formula is C20H33BrIN5O. The second-order valence-corrected chi connectivity index (χ2v) is 8.04. The Morgan fingerprint density at radius 3 is 2.46 bits per heavy atom. The first-order chi connectivity index (χ1) is 13.0. The third-order valence-corrected chi connectivity index (χ3v) is 5.22. The molecule has 1 aromatic carbocycles. The van der Waals surface area contributed by atoms with E-state index >= 15 is 0 Å². The van der Waals surface area contributed by atoms with Crippen molar-refractivity contribution < 1.29 is 4.79 Å². The summed E-state index contributed by atoms with van der Waals surface area (Å²) in [5.74, 6) is 0.922. The molecule has 0 aliphatic carbocycles. The third-order valence-electron chi connectivity index (χ3n) is 4.69. The zero-order chi connectivity index (χ0) is 19.6. The van der Waals surface area contributed by atoms with Crippen molar-refractivity contribution in [1.82, 2.24) is 20.4 Å². The van der Waals surface area contributed by atoms with Gasteiger partial charge in [-0.1, -0.05) is 28.1 Å². The van der Waals surface area contributed by atoms with Gasteiger partial charge in [0, 0.05) is 57.2 Å². The van der Waals surface area contributed by atoms with E-state index in [-0.39, 0.29) is 29.9 Å². The van der Waals surface area contributed by atoms with Crippen molar-refractivity contribution in [2.75, 3.05) is 40.3 Å². The Morgan fingerprint density at radius 2 is 1.89 bits per heavy atom. The van der Waals surface area contributed by atoms with Gasteiger partial charge in [-0.15, -0.1) is 24.0 Å². The summed E-state index contributed by atoms with van der Waals surface area (Å²) >= 11 is 3.49. The largest absolute Gasteiger partial charge is 0.357 e. The van der Waals surface area contributed by atoms with Gasteiger partial charge in [-0.05, 0) is 37.5 Å². The van der Waals surface area contributed by atoms with Crippen LogP contribution in [-0.2, 0) is 11.3 Å². The van der Waals surface area contributed by atoms with E-state index in [0.29, 0.717) is 19.0 Å². The lowest BCUT2D eigenvalue weighted by Crippen LogP contribution is -2.48. The lowest BCUT2D eigenvalue weighted by Gasteiger charge is -2.33. The van der Waals surface area contributed by atoms with Crippen molar-refractivity contribution in [1.29, 1.82) is 0 Å². The Balaban J connectivity index is 0.00000392. The zero-order valence-corrected chi connectivity index (χ0v) is 21.0. The van der Waals surface area contributed by atoms with Crippen molar-refractivity contribution >= 4 is 51.8 Å². The van der Waals surface area contributed by atoms with E-state index in [9.17, 15) is 4.79 Å². The maximum Gasteiger partial charge on any atom is 0.223 e. The molecule has 1 saturated heterocycles. The highest BCUT2D eigenvalue weighted by atomic mass is 127. The van der Waals surface area contributed by atoms with Crippen LogP contribution in [0.15, 0.2) is 33.7 Å². The van der Waals surface area contributed by atoms with Crippen LogP contribution in [0.1, 0.15) is 31.7 Å². The number of aliphatic imine (C=N–C) groups is 1.